The predicted octanol–water partition coefficient (Wildman–Crippen LogP) is 7.23. The Morgan fingerprint density at radius 1 is 1.00 bits per heavy atom. The first kappa shape index (κ1) is 34.5. The molecule has 4 saturated carbocycles. The third-order valence-corrected chi connectivity index (χ3v) is 12.5. The molecule has 5 aliphatic rings. The van der Waals surface area contributed by atoms with Crippen LogP contribution in [0.25, 0.3) is 11.1 Å². The minimum Gasteiger partial charge on any atom is -0.496 e. The topological polar surface area (TPSA) is 110 Å². The molecule has 10 nitrogen and oxygen atoms in total. The number of aryl methyl sites for hydroxylation is 1. The Morgan fingerprint density at radius 3 is 2.34 bits per heavy atom. The number of ether oxygens (including phenoxy) is 2. The molecule has 50 heavy (non-hydrogen) atoms. The van der Waals surface area contributed by atoms with Crippen LogP contribution in [0.2, 0.25) is 0 Å². The van der Waals surface area contributed by atoms with Crippen LogP contribution in [0.5, 0.6) is 5.75 Å². The number of aromatic nitrogens is 3. The van der Waals surface area contributed by atoms with Gasteiger partial charge in [-0.3, -0.25) is 14.4 Å². The highest BCUT2D eigenvalue weighted by molar-refractivity contribution is 5.95. The number of hydrogen-bond acceptors (Lipinski definition) is 7. The maximum absolute atomic E-state index is 14.7. The van der Waals surface area contributed by atoms with Gasteiger partial charge in [0.2, 0.25) is 5.91 Å². The average molecular weight is 684 g/mol. The fourth-order valence-corrected chi connectivity index (χ4v) is 8.99. The largest absolute Gasteiger partial charge is 0.496 e. The van der Waals surface area contributed by atoms with E-state index in [0.717, 1.165) is 61.8 Å². The molecule has 2 aromatic heterocycles. The minimum absolute atomic E-state index is 0.0366. The molecule has 0 unspecified atom stereocenters. The molecule has 0 spiro atoms. The van der Waals surface area contributed by atoms with E-state index >= 15 is 0 Å². The minimum atomic E-state index is -0.344. The third kappa shape index (κ3) is 6.63. The molecule has 8 rings (SSSR count). The van der Waals surface area contributed by atoms with Gasteiger partial charge in [0.25, 0.3) is 0 Å². The average Bonchev–Trinajstić information content (AvgIpc) is 3.63. The Balaban J connectivity index is 1.09. The van der Waals surface area contributed by atoms with Crippen LogP contribution >= 0.6 is 0 Å². The molecule has 1 saturated heterocycles. The van der Waals surface area contributed by atoms with Crippen molar-refractivity contribution in [2.75, 3.05) is 31.7 Å². The van der Waals surface area contributed by atoms with Crippen molar-refractivity contribution in [2.24, 2.45) is 11.3 Å². The zero-order valence-electron chi connectivity index (χ0n) is 30.1. The van der Waals surface area contributed by atoms with Gasteiger partial charge in [0, 0.05) is 43.0 Å². The molecule has 5 fully saturated rings. The molecule has 4 aliphatic carbocycles. The molecule has 1 aliphatic heterocycles. The van der Waals surface area contributed by atoms with Gasteiger partial charge in [-0.25, -0.2) is 9.78 Å². The lowest BCUT2D eigenvalue weighted by molar-refractivity contribution is -0.124. The SMILES string of the molecule is COc1ccc(C23CCC(CN(C(=O)C4CCC(OC(=O)N5CC[C@@H]5CO)CC4)c4cc(-c5cnn(C(C)C)c5)ccn4)(CC2)CC3)cc1C. The summed E-state index contributed by atoms with van der Waals surface area (Å²) in [5.41, 5.74) is 4.85. The number of anilines is 1. The third-order valence-electron chi connectivity index (χ3n) is 12.5. The van der Waals surface area contributed by atoms with Crippen molar-refractivity contribution in [1.82, 2.24) is 19.7 Å². The molecule has 0 radical (unpaired) electrons. The Morgan fingerprint density at radius 2 is 1.74 bits per heavy atom. The van der Waals surface area contributed by atoms with Crippen LogP contribution in [0.3, 0.4) is 0 Å². The molecule has 1 atom stereocenters. The summed E-state index contributed by atoms with van der Waals surface area (Å²) in [5, 5.41) is 14.1. The van der Waals surface area contributed by atoms with Crippen LogP contribution in [-0.4, -0.2) is 75.7 Å². The zero-order chi connectivity index (χ0) is 35.0. The number of pyridine rings is 1. The molecule has 1 aromatic carbocycles. The van der Waals surface area contributed by atoms with E-state index in [4.69, 9.17) is 14.5 Å². The number of amides is 2. The van der Waals surface area contributed by atoms with Crippen LogP contribution in [0.1, 0.15) is 102 Å². The van der Waals surface area contributed by atoms with Crippen molar-refractivity contribution < 1.29 is 24.2 Å². The molecule has 3 heterocycles. The van der Waals surface area contributed by atoms with Gasteiger partial charge in [0.1, 0.15) is 17.7 Å². The van der Waals surface area contributed by atoms with Gasteiger partial charge in [-0.05, 0) is 137 Å². The van der Waals surface area contributed by atoms with Crippen LogP contribution in [0.4, 0.5) is 10.6 Å². The second kappa shape index (κ2) is 14.0. The first-order chi connectivity index (χ1) is 24.1. The summed E-state index contributed by atoms with van der Waals surface area (Å²) in [4.78, 5) is 35.8. The second-order valence-electron chi connectivity index (χ2n) is 15.8. The number of benzene rings is 1. The van der Waals surface area contributed by atoms with Crippen molar-refractivity contribution in [1.29, 1.82) is 0 Å². The van der Waals surface area contributed by atoms with Gasteiger partial charge in [0.15, 0.2) is 0 Å². The number of aliphatic hydroxyl groups is 1. The van der Waals surface area contributed by atoms with E-state index in [1.807, 2.05) is 28.0 Å². The van der Waals surface area contributed by atoms with Gasteiger partial charge in [-0.2, -0.15) is 5.10 Å². The number of nitrogens with zero attached hydrogens (tertiary/aromatic N) is 5. The number of fused-ring (bicyclic) bond motifs is 3. The van der Waals surface area contributed by atoms with E-state index in [9.17, 15) is 14.7 Å². The number of aliphatic hydroxyl groups excluding tert-OH is 1. The quantitative estimate of drug-likeness (QED) is 0.240. The molecule has 1 N–H and O–H groups in total. The molecule has 10 heteroatoms. The monoisotopic (exact) mass is 683 g/mol. The summed E-state index contributed by atoms with van der Waals surface area (Å²) in [6.07, 6.45) is 15.3. The normalized spacial score (nSPS) is 27.6. The maximum Gasteiger partial charge on any atom is 0.410 e. The lowest BCUT2D eigenvalue weighted by atomic mass is 9.51. The lowest BCUT2D eigenvalue weighted by Gasteiger charge is -2.55. The fourth-order valence-electron chi connectivity index (χ4n) is 8.99. The van der Waals surface area contributed by atoms with E-state index in [0.29, 0.717) is 44.6 Å². The molecule has 268 valence electrons. The van der Waals surface area contributed by atoms with Crippen molar-refractivity contribution in [3.05, 3.63) is 60.0 Å². The standard InChI is InChI=1S/C40H53N5O5/c1-27(2)45-24-31(23-42-45)30-11-19-41-36(22-30)44(37(47)29-5-8-34(9-6-29)50-38(48)43-20-12-33(43)25-46)26-39-13-16-40(17-14-39,18-15-39)32-7-10-35(49-4)28(3)21-32/h7,10-11,19,21-24,27,29,33-34,46H,5-6,8-9,12-18,20,25-26H2,1-4H3/t29?,33-,34?,39?,40?/m1/s1. The molecule has 2 amide bonds. The number of likely N-dealkylation sites (tertiary alicyclic amines) is 1. The number of rotatable bonds is 10. The van der Waals surface area contributed by atoms with Crippen LogP contribution in [0, 0.1) is 18.3 Å². The van der Waals surface area contributed by atoms with Crippen molar-refractivity contribution in [3.63, 3.8) is 0 Å². The number of carbonyl (C=O) groups is 2. The summed E-state index contributed by atoms with van der Waals surface area (Å²) in [6, 6.07) is 10.9. The van der Waals surface area contributed by atoms with Crippen molar-refractivity contribution in [2.45, 2.75) is 115 Å². The molecule has 3 aromatic rings. The Bertz CT molecular complexity index is 1670. The van der Waals surface area contributed by atoms with E-state index in [2.05, 4.69) is 56.3 Å². The van der Waals surface area contributed by atoms with Crippen molar-refractivity contribution in [3.8, 4) is 16.9 Å². The Hall–Kier alpha value is -3.92. The number of methoxy groups -OCH3 is 1. The summed E-state index contributed by atoms with van der Waals surface area (Å²) >= 11 is 0. The molecule has 2 bridgehead atoms. The van der Waals surface area contributed by atoms with Crippen molar-refractivity contribution >= 4 is 17.8 Å². The first-order valence-electron chi connectivity index (χ1n) is 18.7. The fraction of sp³-hybridized carbons (Fsp3) is 0.600. The molecular formula is C40H53N5O5. The van der Waals surface area contributed by atoms with Gasteiger partial charge in [-0.1, -0.05) is 12.1 Å². The molecular weight excluding hydrogens is 630 g/mol. The maximum atomic E-state index is 14.7. The van der Waals surface area contributed by atoms with E-state index in [1.165, 1.54) is 11.1 Å². The van der Waals surface area contributed by atoms with Gasteiger partial charge < -0.3 is 19.5 Å². The highest BCUT2D eigenvalue weighted by Gasteiger charge is 2.51. The lowest BCUT2D eigenvalue weighted by Crippen LogP contribution is -2.54. The highest BCUT2D eigenvalue weighted by Crippen LogP contribution is 2.58. The number of carbonyl (C=O) groups excluding carboxylic acids is 2. The van der Waals surface area contributed by atoms with Gasteiger partial charge in [0.05, 0.1) is 26.0 Å². The van der Waals surface area contributed by atoms with Crippen LogP contribution in [0.15, 0.2) is 48.9 Å². The summed E-state index contributed by atoms with van der Waals surface area (Å²) in [5.74, 6) is 1.61. The Labute approximate surface area is 296 Å². The second-order valence-corrected chi connectivity index (χ2v) is 15.8. The highest BCUT2D eigenvalue weighted by atomic mass is 16.6. The van der Waals surface area contributed by atoms with E-state index in [1.54, 1.807) is 12.0 Å². The summed E-state index contributed by atoms with van der Waals surface area (Å²) < 4.78 is 13.3. The van der Waals surface area contributed by atoms with Gasteiger partial charge in [-0.15, -0.1) is 0 Å². The predicted molar refractivity (Wildman–Crippen MR) is 192 cm³/mol. The smallest absolute Gasteiger partial charge is 0.410 e. The first-order valence-corrected chi connectivity index (χ1v) is 18.7. The van der Waals surface area contributed by atoms with E-state index < -0.39 is 0 Å². The van der Waals surface area contributed by atoms with Gasteiger partial charge >= 0.3 is 6.09 Å². The number of hydrogen-bond donors (Lipinski definition) is 1. The van der Waals surface area contributed by atoms with Crippen LogP contribution in [-0.2, 0) is 14.9 Å². The summed E-state index contributed by atoms with van der Waals surface area (Å²) in [6.45, 7) is 7.60. The summed E-state index contributed by atoms with van der Waals surface area (Å²) in [7, 11) is 1.73. The zero-order valence-corrected chi connectivity index (χ0v) is 30.1. The Kier molecular flexibility index (Phi) is 9.67. The van der Waals surface area contributed by atoms with Crippen LogP contribution < -0.4 is 9.64 Å². The van der Waals surface area contributed by atoms with E-state index in [-0.39, 0.29) is 53.5 Å².